The SMILES string of the molecule is Cc1cc([CH2][In]2[CH]=CC(C(=O)C(N)=O)=[C]2c2cc(C)ns2)on1. The topological polar surface area (TPSA) is 99.1 Å². The van der Waals surface area contributed by atoms with Crippen molar-refractivity contribution < 1.29 is 14.1 Å². The molecule has 0 radical (unpaired) electrons. The van der Waals surface area contributed by atoms with Gasteiger partial charge in [0.25, 0.3) is 0 Å². The van der Waals surface area contributed by atoms with Crippen molar-refractivity contribution in [3.8, 4) is 0 Å². The molecule has 0 unspecified atom stereocenters. The van der Waals surface area contributed by atoms with Gasteiger partial charge in [-0.25, -0.2) is 0 Å². The number of nitrogens with two attached hydrogens (primary N) is 1. The van der Waals surface area contributed by atoms with Gasteiger partial charge in [-0.3, -0.25) is 0 Å². The number of aromatic nitrogens is 2. The zero-order valence-corrected chi connectivity index (χ0v) is 16.8. The van der Waals surface area contributed by atoms with E-state index in [1.54, 1.807) is 6.08 Å². The summed E-state index contributed by atoms with van der Waals surface area (Å²) in [7, 11) is 0. The number of hydrogen-bond acceptors (Lipinski definition) is 6. The molecule has 1 amide bonds. The minimum absolute atomic E-state index is 0.429. The first-order chi connectivity index (χ1) is 11.0. The molecule has 23 heavy (non-hydrogen) atoms. The molecule has 0 saturated carbocycles. The van der Waals surface area contributed by atoms with E-state index in [1.807, 2.05) is 26.0 Å². The Kier molecular flexibility index (Phi) is 4.54. The van der Waals surface area contributed by atoms with Gasteiger partial charge in [0.2, 0.25) is 0 Å². The van der Waals surface area contributed by atoms with Crippen molar-refractivity contribution in [3.05, 3.63) is 49.6 Å². The normalized spacial score (nSPS) is 13.9. The van der Waals surface area contributed by atoms with Gasteiger partial charge in [-0.05, 0) is 0 Å². The van der Waals surface area contributed by atoms with E-state index in [-0.39, 0.29) is 0 Å². The molecular formula is C15H14InN3O3S. The van der Waals surface area contributed by atoms with Crippen LogP contribution in [0, 0.1) is 13.8 Å². The minimum atomic E-state index is -2.48. The van der Waals surface area contributed by atoms with Crippen molar-refractivity contribution in [1.82, 2.24) is 9.53 Å². The molecule has 1 aliphatic rings. The maximum absolute atomic E-state index is 12.1. The van der Waals surface area contributed by atoms with Crippen molar-refractivity contribution in [2.75, 3.05) is 0 Å². The number of ketones is 1. The molecule has 6 nitrogen and oxygen atoms in total. The molecule has 3 heterocycles. The van der Waals surface area contributed by atoms with E-state index >= 15 is 0 Å². The number of aryl methyl sites for hydroxylation is 2. The van der Waals surface area contributed by atoms with Gasteiger partial charge in [0.15, 0.2) is 0 Å². The van der Waals surface area contributed by atoms with E-state index in [2.05, 4.69) is 13.4 Å². The molecule has 0 spiro atoms. The number of carbonyl (C=O) groups excluding carboxylic acids is 2. The van der Waals surface area contributed by atoms with Crippen molar-refractivity contribution in [1.29, 1.82) is 0 Å². The van der Waals surface area contributed by atoms with Crippen LogP contribution in [0.1, 0.15) is 22.0 Å². The molecule has 2 aromatic rings. The number of primary amides is 1. The Morgan fingerprint density at radius 1 is 1.30 bits per heavy atom. The van der Waals surface area contributed by atoms with Crippen molar-refractivity contribution >= 4 is 48.0 Å². The molecule has 2 aromatic heterocycles. The Balaban J connectivity index is 2.01. The van der Waals surface area contributed by atoms with Gasteiger partial charge < -0.3 is 0 Å². The van der Waals surface area contributed by atoms with E-state index in [4.69, 9.17) is 10.3 Å². The third-order valence-corrected chi connectivity index (χ3v) is 13.3. The number of allylic oxidation sites excluding steroid dienone is 1. The molecule has 0 aromatic carbocycles. The molecule has 8 heteroatoms. The average molecular weight is 431 g/mol. The molecule has 2 N–H and O–H groups in total. The summed E-state index contributed by atoms with van der Waals surface area (Å²) in [5.41, 5.74) is 7.35. The third kappa shape index (κ3) is 3.32. The van der Waals surface area contributed by atoms with Gasteiger partial charge in [0, 0.05) is 0 Å². The number of rotatable bonds is 5. The van der Waals surface area contributed by atoms with Gasteiger partial charge in [-0.1, -0.05) is 0 Å². The van der Waals surface area contributed by atoms with Crippen LogP contribution in [-0.4, -0.2) is 42.7 Å². The van der Waals surface area contributed by atoms with Crippen LogP contribution in [0.2, 0.25) is 0 Å². The summed E-state index contributed by atoms with van der Waals surface area (Å²) in [6.07, 6.45) is 1.75. The summed E-state index contributed by atoms with van der Waals surface area (Å²) >= 11 is -1.13. The number of hydrogen-bond donors (Lipinski definition) is 1. The van der Waals surface area contributed by atoms with Crippen LogP contribution in [0.15, 0.2) is 32.1 Å². The molecule has 0 bridgehead atoms. The number of Topliss-reactive ketones (excluding diaryl/α,β-unsaturated/α-hetero) is 1. The van der Waals surface area contributed by atoms with E-state index in [1.165, 1.54) is 11.5 Å². The Hall–Kier alpha value is -1.67. The fourth-order valence-electron chi connectivity index (χ4n) is 2.63. The first-order valence-corrected chi connectivity index (χ1v) is 13.7. The first-order valence-electron chi connectivity index (χ1n) is 7.08. The Labute approximate surface area is 144 Å². The number of carbonyl (C=O) groups is 2. The molecule has 0 atom stereocenters. The van der Waals surface area contributed by atoms with E-state index < -0.39 is 33.1 Å². The van der Waals surface area contributed by atoms with Gasteiger partial charge in [-0.15, -0.1) is 0 Å². The van der Waals surface area contributed by atoms with Crippen molar-refractivity contribution in [3.63, 3.8) is 0 Å². The average Bonchev–Trinajstić information content (AvgIpc) is 3.19. The fraction of sp³-hybridized carbons (Fsp3) is 0.200. The molecule has 116 valence electrons. The second kappa shape index (κ2) is 6.45. The van der Waals surface area contributed by atoms with Gasteiger partial charge in [-0.2, -0.15) is 0 Å². The van der Waals surface area contributed by atoms with Crippen LogP contribution < -0.4 is 5.73 Å². The van der Waals surface area contributed by atoms with Crippen molar-refractivity contribution in [2.24, 2.45) is 5.73 Å². The Morgan fingerprint density at radius 3 is 2.65 bits per heavy atom. The monoisotopic (exact) mass is 431 g/mol. The van der Waals surface area contributed by atoms with E-state index in [9.17, 15) is 9.59 Å². The van der Waals surface area contributed by atoms with Gasteiger partial charge in [0.05, 0.1) is 0 Å². The summed E-state index contributed by atoms with van der Waals surface area (Å²) < 4.78 is 13.5. The molecular weight excluding hydrogens is 417 g/mol. The zero-order chi connectivity index (χ0) is 16.6. The van der Waals surface area contributed by atoms with Crippen LogP contribution in [-0.2, 0) is 13.8 Å². The van der Waals surface area contributed by atoms with Crippen molar-refractivity contribution in [2.45, 2.75) is 18.0 Å². The van der Waals surface area contributed by atoms with Crippen LogP contribution in [0.5, 0.6) is 0 Å². The molecule has 0 aliphatic carbocycles. The summed E-state index contributed by atoms with van der Waals surface area (Å²) in [6, 6.07) is 3.87. The zero-order valence-electron chi connectivity index (χ0n) is 12.7. The maximum atomic E-state index is 12.1. The van der Waals surface area contributed by atoms with Gasteiger partial charge >= 0.3 is 145 Å². The van der Waals surface area contributed by atoms with E-state index in [0.29, 0.717) is 5.57 Å². The summed E-state index contributed by atoms with van der Waals surface area (Å²) in [4.78, 5) is 24.4. The quantitative estimate of drug-likeness (QED) is 0.724. The molecule has 0 saturated heterocycles. The predicted molar refractivity (Wildman–Crippen MR) is 87.8 cm³/mol. The van der Waals surface area contributed by atoms with E-state index in [0.717, 1.165) is 29.5 Å². The standard InChI is InChI=1S/C10H8N2O2S.C5H6NO.In/c1-3-7(9(13)10(11)14)5-8-4-6(2)12-15-8;1-4-3-5(2)7-6-4;/h1,3-4H,2H3,(H2,11,14);3H,2H2,1H3;. The van der Waals surface area contributed by atoms with Crippen LogP contribution >= 0.6 is 11.5 Å². The first kappa shape index (κ1) is 16.2. The predicted octanol–water partition coefficient (Wildman–Crippen LogP) is 1.48. The van der Waals surface area contributed by atoms with Crippen LogP contribution in [0.25, 0.3) is 3.33 Å². The fourth-order valence-corrected chi connectivity index (χ4v) is 12.4. The second-order valence-corrected chi connectivity index (χ2v) is 13.6. The summed E-state index contributed by atoms with van der Waals surface area (Å²) in [6.45, 7) is 3.78. The van der Waals surface area contributed by atoms with Gasteiger partial charge in [0.1, 0.15) is 0 Å². The molecule has 0 fully saturated rings. The van der Waals surface area contributed by atoms with Crippen LogP contribution in [0.3, 0.4) is 0 Å². The molecule has 1 aliphatic heterocycles. The number of nitrogens with zero attached hydrogens (tertiary/aromatic N) is 2. The number of amides is 1. The summed E-state index contributed by atoms with van der Waals surface area (Å²) in [5, 5.41) is 3.91. The Morgan fingerprint density at radius 2 is 2.09 bits per heavy atom. The van der Waals surface area contributed by atoms with Crippen LogP contribution in [0.4, 0.5) is 0 Å². The molecule has 3 rings (SSSR count). The second-order valence-electron chi connectivity index (χ2n) is 5.46. The third-order valence-electron chi connectivity index (χ3n) is 3.62. The summed E-state index contributed by atoms with van der Waals surface area (Å²) in [5.74, 6) is -0.736. The Bertz CT molecular complexity index is 850.